The zero-order chi connectivity index (χ0) is 18.0. The van der Waals surface area contributed by atoms with Crippen LogP contribution in [0.5, 0.6) is 0 Å². The molecule has 1 aromatic heterocycles. The van der Waals surface area contributed by atoms with Crippen molar-refractivity contribution in [2.75, 3.05) is 5.32 Å². The molecule has 1 aliphatic carbocycles. The number of rotatable bonds is 4. The van der Waals surface area contributed by atoms with Crippen molar-refractivity contribution in [3.63, 3.8) is 0 Å². The van der Waals surface area contributed by atoms with E-state index in [9.17, 15) is 18.0 Å². The summed E-state index contributed by atoms with van der Waals surface area (Å²) in [4.78, 5) is 12.0. The number of hydrogen-bond acceptors (Lipinski definition) is 3. The molecule has 1 aliphatic rings. The standard InChI is InChI=1S/C16H18F3N5O/c1-9(15-23-20-8-24(15)10-4-2-3-5-10)21-16(25)22-12-7-6-11(17)13(18)14(12)19/h6-10H,2-5H2,1H3,(H2,21,22,25). The Morgan fingerprint density at radius 3 is 2.68 bits per heavy atom. The van der Waals surface area contributed by atoms with Crippen molar-refractivity contribution < 1.29 is 18.0 Å². The van der Waals surface area contributed by atoms with Gasteiger partial charge in [0.2, 0.25) is 0 Å². The van der Waals surface area contributed by atoms with Crippen molar-refractivity contribution in [1.29, 1.82) is 0 Å². The molecule has 0 saturated heterocycles. The summed E-state index contributed by atoms with van der Waals surface area (Å²) >= 11 is 0. The molecule has 0 bridgehead atoms. The molecule has 1 saturated carbocycles. The third kappa shape index (κ3) is 3.59. The molecule has 1 fully saturated rings. The largest absolute Gasteiger partial charge is 0.328 e. The summed E-state index contributed by atoms with van der Waals surface area (Å²) in [6.07, 6.45) is 5.98. The van der Waals surface area contributed by atoms with Gasteiger partial charge in [0.1, 0.15) is 6.33 Å². The zero-order valence-corrected chi connectivity index (χ0v) is 13.6. The van der Waals surface area contributed by atoms with E-state index in [1.165, 1.54) is 0 Å². The summed E-state index contributed by atoms with van der Waals surface area (Å²) in [5, 5.41) is 12.7. The number of urea groups is 1. The quantitative estimate of drug-likeness (QED) is 0.824. The lowest BCUT2D eigenvalue weighted by Gasteiger charge is -2.19. The lowest BCUT2D eigenvalue weighted by atomic mass is 10.2. The van der Waals surface area contributed by atoms with Gasteiger partial charge in [-0.1, -0.05) is 12.8 Å². The summed E-state index contributed by atoms with van der Waals surface area (Å²) < 4.78 is 41.7. The van der Waals surface area contributed by atoms with Gasteiger partial charge < -0.3 is 15.2 Å². The predicted octanol–water partition coefficient (Wildman–Crippen LogP) is 3.69. The van der Waals surface area contributed by atoms with Crippen LogP contribution in [-0.2, 0) is 0 Å². The summed E-state index contributed by atoms with van der Waals surface area (Å²) in [5.74, 6) is -3.81. The predicted molar refractivity (Wildman–Crippen MR) is 84.4 cm³/mol. The van der Waals surface area contributed by atoms with Crippen LogP contribution in [0.1, 0.15) is 50.5 Å². The number of halogens is 3. The van der Waals surface area contributed by atoms with Crippen molar-refractivity contribution in [1.82, 2.24) is 20.1 Å². The molecule has 2 amide bonds. The fraction of sp³-hybridized carbons (Fsp3) is 0.438. The van der Waals surface area contributed by atoms with Gasteiger partial charge in [0.05, 0.1) is 11.7 Å². The number of nitrogens with one attached hydrogen (secondary N) is 2. The summed E-state index contributed by atoms with van der Waals surface area (Å²) in [6, 6.07) is 0.767. The lowest BCUT2D eigenvalue weighted by molar-refractivity contribution is 0.248. The van der Waals surface area contributed by atoms with E-state index in [0.717, 1.165) is 37.8 Å². The van der Waals surface area contributed by atoms with Crippen molar-refractivity contribution in [3.05, 3.63) is 41.7 Å². The first-order valence-electron chi connectivity index (χ1n) is 8.07. The molecule has 1 atom stereocenters. The minimum absolute atomic E-state index is 0.306. The Balaban J connectivity index is 1.67. The number of carbonyl (C=O) groups excluding carboxylic acids is 1. The van der Waals surface area contributed by atoms with Gasteiger partial charge in [0.15, 0.2) is 23.3 Å². The smallest absolute Gasteiger partial charge is 0.319 e. The van der Waals surface area contributed by atoms with E-state index >= 15 is 0 Å². The summed E-state index contributed by atoms with van der Waals surface area (Å²) in [6.45, 7) is 1.72. The molecule has 1 aromatic carbocycles. The average molecular weight is 353 g/mol. The first-order valence-corrected chi connectivity index (χ1v) is 8.07. The van der Waals surface area contributed by atoms with Gasteiger partial charge >= 0.3 is 6.03 Å². The highest BCUT2D eigenvalue weighted by molar-refractivity contribution is 5.89. The van der Waals surface area contributed by atoms with E-state index < -0.39 is 35.2 Å². The fourth-order valence-corrected chi connectivity index (χ4v) is 3.07. The highest BCUT2D eigenvalue weighted by atomic mass is 19.2. The maximum atomic E-state index is 13.6. The van der Waals surface area contributed by atoms with Crippen LogP contribution in [0.2, 0.25) is 0 Å². The normalized spacial score (nSPS) is 16.0. The molecule has 9 heteroatoms. The number of aromatic nitrogens is 3. The van der Waals surface area contributed by atoms with E-state index in [1.54, 1.807) is 13.3 Å². The van der Waals surface area contributed by atoms with Crippen LogP contribution in [0.3, 0.4) is 0 Å². The number of carbonyl (C=O) groups is 1. The topological polar surface area (TPSA) is 71.8 Å². The molecule has 2 N–H and O–H groups in total. The van der Waals surface area contributed by atoms with E-state index in [0.29, 0.717) is 11.9 Å². The second kappa shape index (κ2) is 7.12. The van der Waals surface area contributed by atoms with Crippen LogP contribution in [0.25, 0.3) is 0 Å². The molecule has 25 heavy (non-hydrogen) atoms. The van der Waals surface area contributed by atoms with Crippen molar-refractivity contribution in [2.45, 2.75) is 44.7 Å². The number of benzene rings is 1. The molecule has 134 valence electrons. The van der Waals surface area contributed by atoms with Gasteiger partial charge in [-0.05, 0) is 31.9 Å². The Morgan fingerprint density at radius 2 is 1.96 bits per heavy atom. The van der Waals surface area contributed by atoms with Gasteiger partial charge in [-0.2, -0.15) is 0 Å². The molecule has 3 rings (SSSR count). The molecular weight excluding hydrogens is 335 g/mol. The summed E-state index contributed by atoms with van der Waals surface area (Å²) in [5.41, 5.74) is -0.444. The van der Waals surface area contributed by atoms with Crippen molar-refractivity contribution >= 4 is 11.7 Å². The summed E-state index contributed by atoms with van der Waals surface area (Å²) in [7, 11) is 0. The Bertz CT molecular complexity index is 773. The van der Waals surface area contributed by atoms with Crippen LogP contribution in [-0.4, -0.2) is 20.8 Å². The first-order chi connectivity index (χ1) is 12.0. The minimum Gasteiger partial charge on any atom is -0.328 e. The third-order valence-electron chi connectivity index (χ3n) is 4.34. The van der Waals surface area contributed by atoms with E-state index in [2.05, 4.69) is 20.8 Å². The van der Waals surface area contributed by atoms with Crippen molar-refractivity contribution in [2.24, 2.45) is 0 Å². The van der Waals surface area contributed by atoms with E-state index in [-0.39, 0.29) is 0 Å². The molecule has 0 spiro atoms. The monoisotopic (exact) mass is 353 g/mol. The number of nitrogens with zero attached hydrogens (tertiary/aromatic N) is 3. The average Bonchev–Trinajstić information content (AvgIpc) is 3.25. The Labute approximate surface area is 142 Å². The molecule has 1 unspecified atom stereocenters. The molecule has 6 nitrogen and oxygen atoms in total. The zero-order valence-electron chi connectivity index (χ0n) is 13.6. The maximum absolute atomic E-state index is 13.6. The second-order valence-electron chi connectivity index (χ2n) is 6.08. The van der Waals surface area contributed by atoms with Crippen LogP contribution in [0, 0.1) is 17.5 Å². The molecular formula is C16H18F3N5O. The lowest BCUT2D eigenvalue weighted by Crippen LogP contribution is -2.33. The molecule has 0 radical (unpaired) electrons. The first kappa shape index (κ1) is 17.2. The highest BCUT2D eigenvalue weighted by Gasteiger charge is 2.24. The van der Waals surface area contributed by atoms with Gasteiger partial charge in [-0.3, -0.25) is 0 Å². The van der Waals surface area contributed by atoms with Crippen LogP contribution >= 0.6 is 0 Å². The van der Waals surface area contributed by atoms with E-state index in [4.69, 9.17) is 0 Å². The Kier molecular flexibility index (Phi) is 4.91. The van der Waals surface area contributed by atoms with Gasteiger partial charge in [-0.15, -0.1) is 10.2 Å². The minimum atomic E-state index is -1.63. The number of hydrogen-bond donors (Lipinski definition) is 2. The van der Waals surface area contributed by atoms with Gasteiger partial charge in [-0.25, -0.2) is 18.0 Å². The highest BCUT2D eigenvalue weighted by Crippen LogP contribution is 2.31. The molecule has 1 heterocycles. The van der Waals surface area contributed by atoms with Crippen LogP contribution in [0.15, 0.2) is 18.5 Å². The van der Waals surface area contributed by atoms with Crippen molar-refractivity contribution in [3.8, 4) is 0 Å². The third-order valence-corrected chi connectivity index (χ3v) is 4.34. The Hall–Kier alpha value is -2.58. The Morgan fingerprint density at radius 1 is 1.24 bits per heavy atom. The number of amides is 2. The molecule has 2 aromatic rings. The number of anilines is 1. The van der Waals surface area contributed by atoms with E-state index in [1.807, 2.05) is 4.57 Å². The van der Waals surface area contributed by atoms with Crippen LogP contribution < -0.4 is 10.6 Å². The SMILES string of the molecule is CC(NC(=O)Nc1ccc(F)c(F)c1F)c1nncn1C1CCCC1. The van der Waals surface area contributed by atoms with Gasteiger partial charge in [0, 0.05) is 6.04 Å². The van der Waals surface area contributed by atoms with Crippen LogP contribution in [0.4, 0.5) is 23.7 Å². The second-order valence-corrected chi connectivity index (χ2v) is 6.08. The van der Waals surface area contributed by atoms with Gasteiger partial charge in [0.25, 0.3) is 0 Å². The molecule has 0 aliphatic heterocycles. The fourth-order valence-electron chi connectivity index (χ4n) is 3.07. The maximum Gasteiger partial charge on any atom is 0.319 e.